The van der Waals surface area contributed by atoms with E-state index in [1.165, 1.54) is 4.68 Å². The number of rotatable bonds is 7. The van der Waals surface area contributed by atoms with Gasteiger partial charge in [-0.2, -0.15) is 9.78 Å². The Bertz CT molecular complexity index is 1140. The molecule has 2 heterocycles. The lowest BCUT2D eigenvalue weighted by molar-refractivity contribution is 0.122. The zero-order valence-corrected chi connectivity index (χ0v) is 18.5. The fraction of sp³-hybridized carbons (Fsp3) is 0.333. The number of morpholine rings is 1. The van der Waals surface area contributed by atoms with Gasteiger partial charge >= 0.3 is 0 Å². The Morgan fingerprint density at radius 2 is 1.97 bits per heavy atom. The van der Waals surface area contributed by atoms with Gasteiger partial charge in [0.25, 0.3) is 5.56 Å². The van der Waals surface area contributed by atoms with Gasteiger partial charge in [-0.1, -0.05) is 19.1 Å². The van der Waals surface area contributed by atoms with Gasteiger partial charge < -0.3 is 25.4 Å². The maximum Gasteiger partial charge on any atom is 0.294 e. The normalized spacial score (nSPS) is 13.8. The largest absolute Gasteiger partial charge is 0.497 e. The van der Waals surface area contributed by atoms with E-state index in [-0.39, 0.29) is 5.56 Å². The summed E-state index contributed by atoms with van der Waals surface area (Å²) >= 11 is 0. The molecule has 8 nitrogen and oxygen atoms in total. The highest BCUT2D eigenvalue weighted by Gasteiger charge is 2.17. The molecule has 168 valence electrons. The second kappa shape index (κ2) is 9.74. The SMILES string of the molecule is CCCNc1cc(-c2cccc(OC)c2)nn(-c2cc(N3CCOCC3)ccc2N)c1=O. The summed E-state index contributed by atoms with van der Waals surface area (Å²) < 4.78 is 12.2. The van der Waals surface area contributed by atoms with Crippen LogP contribution >= 0.6 is 0 Å². The Labute approximate surface area is 187 Å². The molecule has 0 spiro atoms. The van der Waals surface area contributed by atoms with E-state index in [9.17, 15) is 4.79 Å². The molecule has 1 saturated heterocycles. The van der Waals surface area contributed by atoms with E-state index in [0.29, 0.717) is 42.5 Å². The fourth-order valence-electron chi connectivity index (χ4n) is 3.70. The average Bonchev–Trinajstić information content (AvgIpc) is 2.84. The van der Waals surface area contributed by atoms with Crippen LogP contribution in [0.15, 0.2) is 53.3 Å². The van der Waals surface area contributed by atoms with Gasteiger partial charge in [-0.3, -0.25) is 4.79 Å². The maximum absolute atomic E-state index is 13.3. The molecule has 3 N–H and O–H groups in total. The Kier molecular flexibility index (Phi) is 6.61. The molecule has 1 aliphatic rings. The van der Waals surface area contributed by atoms with Crippen molar-refractivity contribution in [1.29, 1.82) is 0 Å². The number of hydrogen-bond donors (Lipinski definition) is 2. The van der Waals surface area contributed by atoms with Crippen molar-refractivity contribution in [3.05, 3.63) is 58.9 Å². The molecule has 0 radical (unpaired) electrons. The average molecular weight is 436 g/mol. The van der Waals surface area contributed by atoms with Gasteiger partial charge in [-0.05, 0) is 42.8 Å². The lowest BCUT2D eigenvalue weighted by atomic mass is 10.1. The molecule has 32 heavy (non-hydrogen) atoms. The van der Waals surface area contributed by atoms with Gasteiger partial charge in [0.05, 0.1) is 37.4 Å². The summed E-state index contributed by atoms with van der Waals surface area (Å²) in [6, 6.07) is 15.1. The first-order valence-corrected chi connectivity index (χ1v) is 10.9. The molecule has 0 atom stereocenters. The van der Waals surface area contributed by atoms with Crippen LogP contribution in [0.4, 0.5) is 17.1 Å². The van der Waals surface area contributed by atoms with Gasteiger partial charge in [0, 0.05) is 30.9 Å². The van der Waals surface area contributed by atoms with E-state index in [1.807, 2.05) is 42.5 Å². The standard InChI is InChI=1S/C24H29N5O3/c1-3-9-26-22-16-21(17-5-4-6-19(14-17)31-2)27-29(24(22)30)23-15-18(7-8-20(23)25)28-10-12-32-13-11-28/h4-8,14-16,26H,3,9-13,25H2,1-2H3. The third-order valence-corrected chi connectivity index (χ3v) is 5.46. The van der Waals surface area contributed by atoms with Crippen molar-refractivity contribution < 1.29 is 9.47 Å². The minimum Gasteiger partial charge on any atom is -0.497 e. The van der Waals surface area contributed by atoms with Crippen LogP contribution in [0, 0.1) is 0 Å². The van der Waals surface area contributed by atoms with Crippen LogP contribution in [0.5, 0.6) is 5.75 Å². The first-order valence-electron chi connectivity index (χ1n) is 10.9. The highest BCUT2D eigenvalue weighted by atomic mass is 16.5. The molecule has 8 heteroatoms. The van der Waals surface area contributed by atoms with Gasteiger partial charge in [0.15, 0.2) is 0 Å². The number of nitrogens with two attached hydrogens (primary N) is 1. The molecule has 0 unspecified atom stereocenters. The second-order valence-electron chi connectivity index (χ2n) is 7.66. The summed E-state index contributed by atoms with van der Waals surface area (Å²) in [5, 5.41) is 7.93. The zero-order chi connectivity index (χ0) is 22.5. The van der Waals surface area contributed by atoms with Crippen molar-refractivity contribution in [2.75, 3.05) is 55.9 Å². The number of nitrogen functional groups attached to an aromatic ring is 1. The number of ether oxygens (including phenoxy) is 2. The summed E-state index contributed by atoms with van der Waals surface area (Å²) in [5.41, 5.74) is 10.1. The molecule has 1 aliphatic heterocycles. The molecule has 2 aromatic carbocycles. The topological polar surface area (TPSA) is 94.6 Å². The number of aromatic nitrogens is 2. The number of anilines is 3. The summed E-state index contributed by atoms with van der Waals surface area (Å²) in [6.45, 7) is 5.67. The third kappa shape index (κ3) is 4.55. The Hall–Kier alpha value is -3.52. The van der Waals surface area contributed by atoms with Crippen LogP contribution < -0.4 is 26.2 Å². The monoisotopic (exact) mass is 435 g/mol. The van der Waals surface area contributed by atoms with E-state index >= 15 is 0 Å². The van der Waals surface area contributed by atoms with E-state index in [1.54, 1.807) is 13.2 Å². The van der Waals surface area contributed by atoms with Gasteiger partial charge in [0.1, 0.15) is 11.4 Å². The van der Waals surface area contributed by atoms with Crippen molar-refractivity contribution in [2.45, 2.75) is 13.3 Å². The minimum absolute atomic E-state index is 0.240. The van der Waals surface area contributed by atoms with Crippen LogP contribution in [0.2, 0.25) is 0 Å². The van der Waals surface area contributed by atoms with Crippen molar-refractivity contribution in [3.63, 3.8) is 0 Å². The molecule has 0 amide bonds. The summed E-state index contributed by atoms with van der Waals surface area (Å²) in [5.74, 6) is 0.721. The molecule has 1 fully saturated rings. The number of hydrogen-bond acceptors (Lipinski definition) is 7. The van der Waals surface area contributed by atoms with Crippen LogP contribution in [0.25, 0.3) is 16.9 Å². The highest BCUT2D eigenvalue weighted by molar-refractivity contribution is 5.69. The lowest BCUT2D eigenvalue weighted by Gasteiger charge is -2.29. The molecule has 4 rings (SSSR count). The number of nitrogens with zero attached hydrogens (tertiary/aromatic N) is 3. The first kappa shape index (κ1) is 21.7. The number of methoxy groups -OCH3 is 1. The summed E-state index contributed by atoms with van der Waals surface area (Å²) in [4.78, 5) is 15.6. The van der Waals surface area contributed by atoms with E-state index in [0.717, 1.165) is 36.5 Å². The second-order valence-corrected chi connectivity index (χ2v) is 7.66. The molecular formula is C24H29N5O3. The zero-order valence-electron chi connectivity index (χ0n) is 18.5. The summed E-state index contributed by atoms with van der Waals surface area (Å²) in [7, 11) is 1.62. The van der Waals surface area contributed by atoms with Crippen LogP contribution in [-0.4, -0.2) is 49.7 Å². The third-order valence-electron chi connectivity index (χ3n) is 5.46. The molecule has 1 aromatic heterocycles. The van der Waals surface area contributed by atoms with E-state index in [4.69, 9.17) is 15.2 Å². The van der Waals surface area contributed by atoms with E-state index < -0.39 is 0 Å². The Morgan fingerprint density at radius 3 is 2.72 bits per heavy atom. The van der Waals surface area contributed by atoms with E-state index in [2.05, 4.69) is 22.2 Å². The lowest BCUT2D eigenvalue weighted by Crippen LogP contribution is -2.36. The maximum atomic E-state index is 13.3. The van der Waals surface area contributed by atoms with Gasteiger partial charge in [0.2, 0.25) is 0 Å². The molecule has 0 aliphatic carbocycles. The predicted molar refractivity (Wildman–Crippen MR) is 128 cm³/mol. The smallest absolute Gasteiger partial charge is 0.294 e. The van der Waals surface area contributed by atoms with Gasteiger partial charge in [-0.25, -0.2) is 0 Å². The van der Waals surface area contributed by atoms with Crippen molar-refractivity contribution in [1.82, 2.24) is 9.78 Å². The summed E-state index contributed by atoms with van der Waals surface area (Å²) in [6.07, 6.45) is 0.894. The van der Waals surface area contributed by atoms with Crippen LogP contribution in [0.1, 0.15) is 13.3 Å². The molecule has 0 saturated carbocycles. The van der Waals surface area contributed by atoms with Gasteiger partial charge in [-0.15, -0.1) is 0 Å². The first-order chi connectivity index (χ1) is 15.6. The predicted octanol–water partition coefficient (Wildman–Crippen LogP) is 3.15. The quantitative estimate of drug-likeness (QED) is 0.551. The molecule has 0 bridgehead atoms. The van der Waals surface area contributed by atoms with Crippen LogP contribution in [0.3, 0.4) is 0 Å². The minimum atomic E-state index is -0.240. The number of benzene rings is 2. The number of nitrogens with one attached hydrogen (secondary N) is 1. The van der Waals surface area contributed by atoms with Crippen molar-refractivity contribution in [3.8, 4) is 22.7 Å². The van der Waals surface area contributed by atoms with Crippen molar-refractivity contribution in [2.24, 2.45) is 0 Å². The molecular weight excluding hydrogens is 406 g/mol. The Balaban J connectivity index is 1.84. The highest BCUT2D eigenvalue weighted by Crippen LogP contribution is 2.27. The Morgan fingerprint density at radius 1 is 1.16 bits per heavy atom. The fourth-order valence-corrected chi connectivity index (χ4v) is 3.70. The van der Waals surface area contributed by atoms with Crippen LogP contribution in [-0.2, 0) is 4.74 Å². The molecule has 3 aromatic rings. The van der Waals surface area contributed by atoms with Crippen molar-refractivity contribution >= 4 is 17.1 Å².